The molecule has 156 valence electrons. The number of nitrogens with zero attached hydrogens (tertiary/aromatic N) is 1. The molecule has 28 heavy (non-hydrogen) atoms. The number of benzene rings is 1. The maximum atomic E-state index is 12.2. The Morgan fingerprint density at radius 2 is 1.71 bits per heavy atom. The summed E-state index contributed by atoms with van der Waals surface area (Å²) in [6.45, 7) is 2.35. The largest absolute Gasteiger partial charge is 0.370 e. The Balaban J connectivity index is 2.22. The molecule has 0 aliphatic carbocycles. The highest BCUT2D eigenvalue weighted by Crippen LogP contribution is 2.07. The molecule has 11 heteroatoms. The highest BCUT2D eigenvalue weighted by Gasteiger charge is 2.17. The fourth-order valence-corrected chi connectivity index (χ4v) is 3.45. The van der Waals surface area contributed by atoms with Crippen LogP contribution in [0.4, 0.5) is 0 Å². The molecular formula is C17H28N6O4S. The van der Waals surface area contributed by atoms with Crippen molar-refractivity contribution in [1.29, 1.82) is 0 Å². The molecule has 0 aromatic heterocycles. The minimum Gasteiger partial charge on any atom is -0.370 e. The molecule has 1 atom stereocenters. The lowest BCUT2D eigenvalue weighted by Gasteiger charge is -2.15. The third-order valence-electron chi connectivity index (χ3n) is 3.55. The van der Waals surface area contributed by atoms with Crippen molar-refractivity contribution in [1.82, 2.24) is 15.4 Å². The fourth-order valence-electron chi connectivity index (χ4n) is 2.18. The molecule has 0 spiro atoms. The molecule has 1 rings (SSSR count). The van der Waals surface area contributed by atoms with E-state index < -0.39 is 16.1 Å². The standard InChI is InChI=1S/C17H28N6O4S/c1-13(23-28(26,27)14-6-3-2-4-7-14)12-22-16(25)9-11-20-15(24)8-5-10-21-17(18)19/h2-4,6-7,13,23H,5,8-12H2,1H3,(H,20,24)(H,22,25)(H4,18,19,21). The van der Waals surface area contributed by atoms with Crippen molar-refractivity contribution >= 4 is 27.8 Å². The van der Waals surface area contributed by atoms with Gasteiger partial charge in [0.25, 0.3) is 0 Å². The molecule has 0 saturated carbocycles. The minimum absolute atomic E-state index is 0.0163. The van der Waals surface area contributed by atoms with E-state index in [9.17, 15) is 18.0 Å². The van der Waals surface area contributed by atoms with Gasteiger partial charge in [-0.15, -0.1) is 0 Å². The van der Waals surface area contributed by atoms with E-state index in [2.05, 4.69) is 20.3 Å². The Kier molecular flexibility index (Phi) is 9.96. The first kappa shape index (κ1) is 23.4. The molecule has 0 heterocycles. The van der Waals surface area contributed by atoms with Crippen molar-refractivity contribution in [2.45, 2.75) is 37.1 Å². The maximum absolute atomic E-state index is 12.2. The molecule has 0 radical (unpaired) electrons. The number of hydrogen-bond donors (Lipinski definition) is 5. The van der Waals surface area contributed by atoms with Crippen LogP contribution in [-0.2, 0) is 19.6 Å². The lowest BCUT2D eigenvalue weighted by Crippen LogP contribution is -2.42. The number of nitrogens with two attached hydrogens (primary N) is 2. The number of amides is 2. The topological polar surface area (TPSA) is 169 Å². The first-order valence-corrected chi connectivity index (χ1v) is 10.3. The number of guanidine groups is 1. The highest BCUT2D eigenvalue weighted by molar-refractivity contribution is 7.89. The second-order valence-corrected chi connectivity index (χ2v) is 7.86. The van der Waals surface area contributed by atoms with Gasteiger partial charge in [0.05, 0.1) is 4.90 Å². The predicted octanol–water partition coefficient (Wildman–Crippen LogP) is -0.970. The second-order valence-electron chi connectivity index (χ2n) is 6.15. The molecule has 1 aromatic rings. The van der Waals surface area contributed by atoms with Gasteiger partial charge in [0.2, 0.25) is 21.8 Å². The van der Waals surface area contributed by atoms with E-state index >= 15 is 0 Å². The maximum Gasteiger partial charge on any atom is 0.240 e. The normalized spacial score (nSPS) is 12.0. The van der Waals surface area contributed by atoms with Crippen LogP contribution < -0.4 is 26.8 Å². The van der Waals surface area contributed by atoms with E-state index in [-0.39, 0.29) is 48.6 Å². The number of rotatable bonds is 12. The zero-order chi connectivity index (χ0) is 21.0. The summed E-state index contributed by atoms with van der Waals surface area (Å²) >= 11 is 0. The van der Waals surface area contributed by atoms with E-state index in [0.717, 1.165) is 0 Å². The van der Waals surface area contributed by atoms with Gasteiger partial charge in [0.1, 0.15) is 0 Å². The van der Waals surface area contributed by atoms with E-state index in [0.29, 0.717) is 13.0 Å². The lowest BCUT2D eigenvalue weighted by molar-refractivity contribution is -0.122. The molecule has 1 aromatic carbocycles. The number of carbonyl (C=O) groups excluding carboxylic acids is 2. The van der Waals surface area contributed by atoms with Crippen LogP contribution in [0.2, 0.25) is 0 Å². The second kappa shape index (κ2) is 11.9. The molecule has 0 bridgehead atoms. The highest BCUT2D eigenvalue weighted by atomic mass is 32.2. The van der Waals surface area contributed by atoms with Crippen molar-refractivity contribution in [3.8, 4) is 0 Å². The van der Waals surface area contributed by atoms with Crippen molar-refractivity contribution < 1.29 is 18.0 Å². The van der Waals surface area contributed by atoms with Gasteiger partial charge < -0.3 is 22.1 Å². The van der Waals surface area contributed by atoms with E-state index in [4.69, 9.17) is 11.5 Å². The summed E-state index contributed by atoms with van der Waals surface area (Å²) in [6.07, 6.45) is 0.865. The van der Waals surface area contributed by atoms with Crippen molar-refractivity contribution in [2.24, 2.45) is 16.5 Å². The average molecular weight is 413 g/mol. The molecule has 0 saturated heterocycles. The van der Waals surface area contributed by atoms with Gasteiger partial charge in [0.15, 0.2) is 5.96 Å². The SMILES string of the molecule is CC(CNC(=O)CCNC(=O)CCCN=C(N)N)NS(=O)(=O)c1ccccc1. The van der Waals surface area contributed by atoms with Gasteiger partial charge in [-0.05, 0) is 25.5 Å². The summed E-state index contributed by atoms with van der Waals surface area (Å²) in [5, 5.41) is 5.26. The zero-order valence-corrected chi connectivity index (χ0v) is 16.7. The van der Waals surface area contributed by atoms with Crippen LogP contribution in [0, 0.1) is 0 Å². The molecule has 10 nitrogen and oxygen atoms in total. The first-order valence-electron chi connectivity index (χ1n) is 8.87. The first-order chi connectivity index (χ1) is 13.2. The Labute approximate surface area is 165 Å². The third-order valence-corrected chi connectivity index (χ3v) is 5.15. The molecular weight excluding hydrogens is 384 g/mol. The Hall–Kier alpha value is -2.66. The molecule has 2 amide bonds. The van der Waals surface area contributed by atoms with Crippen LogP contribution in [0.15, 0.2) is 40.2 Å². The zero-order valence-electron chi connectivity index (χ0n) is 15.8. The summed E-state index contributed by atoms with van der Waals surface area (Å²) in [7, 11) is -3.64. The summed E-state index contributed by atoms with van der Waals surface area (Å²) in [6, 6.07) is 7.50. The predicted molar refractivity (Wildman–Crippen MR) is 107 cm³/mol. The van der Waals surface area contributed by atoms with Crippen LogP contribution >= 0.6 is 0 Å². The summed E-state index contributed by atoms with van der Waals surface area (Å²) in [5.74, 6) is -0.494. The van der Waals surface area contributed by atoms with Crippen molar-refractivity contribution in [3.05, 3.63) is 30.3 Å². The molecule has 0 fully saturated rings. The number of nitrogens with one attached hydrogen (secondary N) is 3. The fraction of sp³-hybridized carbons (Fsp3) is 0.471. The minimum atomic E-state index is -3.64. The van der Waals surface area contributed by atoms with Gasteiger partial charge in [-0.2, -0.15) is 0 Å². The van der Waals surface area contributed by atoms with E-state index in [1.165, 1.54) is 12.1 Å². The Morgan fingerprint density at radius 3 is 2.36 bits per heavy atom. The molecule has 0 aliphatic heterocycles. The van der Waals surface area contributed by atoms with Gasteiger partial charge in [-0.1, -0.05) is 18.2 Å². The van der Waals surface area contributed by atoms with Crippen molar-refractivity contribution in [2.75, 3.05) is 19.6 Å². The average Bonchev–Trinajstić information content (AvgIpc) is 2.64. The monoisotopic (exact) mass is 412 g/mol. The van der Waals surface area contributed by atoms with Crippen LogP contribution in [-0.4, -0.2) is 51.9 Å². The van der Waals surface area contributed by atoms with E-state index in [1.807, 2.05) is 0 Å². The molecule has 7 N–H and O–H groups in total. The number of hydrogen-bond acceptors (Lipinski definition) is 5. The third kappa shape index (κ3) is 9.88. The van der Waals surface area contributed by atoms with E-state index in [1.54, 1.807) is 25.1 Å². The van der Waals surface area contributed by atoms with Crippen LogP contribution in [0.1, 0.15) is 26.2 Å². The molecule has 0 aliphatic rings. The van der Waals surface area contributed by atoms with Crippen LogP contribution in [0.25, 0.3) is 0 Å². The summed E-state index contributed by atoms with van der Waals surface area (Å²) in [4.78, 5) is 27.3. The van der Waals surface area contributed by atoms with Crippen LogP contribution in [0.3, 0.4) is 0 Å². The van der Waals surface area contributed by atoms with Gasteiger partial charge >= 0.3 is 0 Å². The number of sulfonamides is 1. The van der Waals surface area contributed by atoms with Gasteiger partial charge in [0, 0.05) is 38.5 Å². The summed E-state index contributed by atoms with van der Waals surface area (Å²) < 4.78 is 26.9. The Bertz CT molecular complexity index is 763. The van der Waals surface area contributed by atoms with Crippen molar-refractivity contribution in [3.63, 3.8) is 0 Å². The number of aliphatic imine (C=N–C) groups is 1. The van der Waals surface area contributed by atoms with Crippen LogP contribution in [0.5, 0.6) is 0 Å². The van der Waals surface area contributed by atoms with Gasteiger partial charge in [-0.25, -0.2) is 13.1 Å². The lowest BCUT2D eigenvalue weighted by atomic mass is 10.3. The summed E-state index contributed by atoms with van der Waals surface area (Å²) in [5.41, 5.74) is 10.4. The smallest absolute Gasteiger partial charge is 0.240 e. The number of carbonyl (C=O) groups is 2. The quantitative estimate of drug-likeness (QED) is 0.168. The molecule has 1 unspecified atom stereocenters. The Morgan fingerprint density at radius 1 is 1.07 bits per heavy atom. The van der Waals surface area contributed by atoms with Gasteiger partial charge in [-0.3, -0.25) is 14.6 Å².